The van der Waals surface area contributed by atoms with Crippen molar-refractivity contribution in [2.45, 2.75) is 5.82 Å². The fourth-order valence-electron chi connectivity index (χ4n) is 6.48. The summed E-state index contributed by atoms with van der Waals surface area (Å²) < 4.78 is 32.4. The zero-order valence-electron chi connectivity index (χ0n) is 29.9. The summed E-state index contributed by atoms with van der Waals surface area (Å²) in [4.78, 5) is 0. The van der Waals surface area contributed by atoms with Crippen molar-refractivity contribution in [1.82, 2.24) is 0 Å². The van der Waals surface area contributed by atoms with Gasteiger partial charge in [-0.2, -0.15) is 0 Å². The van der Waals surface area contributed by atoms with E-state index in [1.165, 1.54) is 97.1 Å². The van der Waals surface area contributed by atoms with Gasteiger partial charge in [-0.05, 0) is 0 Å². The van der Waals surface area contributed by atoms with Gasteiger partial charge < -0.3 is 0 Å². The van der Waals surface area contributed by atoms with Crippen molar-refractivity contribution in [2.75, 3.05) is 0 Å². The van der Waals surface area contributed by atoms with Crippen molar-refractivity contribution in [3.8, 4) is 60.7 Å². The van der Waals surface area contributed by atoms with Crippen LogP contribution >= 0.6 is 0 Å². The average Bonchev–Trinajstić information content (AvgIpc) is 3.29. The van der Waals surface area contributed by atoms with Gasteiger partial charge >= 0.3 is 345 Å². The summed E-state index contributed by atoms with van der Waals surface area (Å²) in [5.74, 6) is -2.30. The van der Waals surface area contributed by atoms with E-state index in [4.69, 9.17) is 0 Å². The monoisotopic (exact) mass is 962 g/mol. The molecule has 0 heterocycles. The Morgan fingerprint density at radius 3 is 0.776 bits per heavy atom. The Morgan fingerprint density at radius 2 is 0.586 bits per heavy atom. The number of benzene rings is 4. The van der Waals surface area contributed by atoms with Gasteiger partial charge in [-0.1, -0.05) is 0 Å². The molecule has 0 unspecified atom stereocenters. The van der Waals surface area contributed by atoms with Gasteiger partial charge in [0.1, 0.15) is 0 Å². The zero-order valence-corrected chi connectivity index (χ0v) is 35.0. The van der Waals surface area contributed by atoms with Crippen molar-refractivity contribution < 1.29 is 6.03 Å². The predicted octanol–water partition coefficient (Wildman–Crippen LogP) is 3.81. The van der Waals surface area contributed by atoms with Crippen LogP contribution in [0.5, 0.6) is 0 Å². The molecular formula is C43H21BN10O2Sb2. The van der Waals surface area contributed by atoms with Crippen molar-refractivity contribution in [1.29, 1.82) is 52.6 Å². The van der Waals surface area contributed by atoms with Crippen LogP contribution in [0.1, 0.15) is 0 Å². The first kappa shape index (κ1) is 42.8. The van der Waals surface area contributed by atoms with Crippen LogP contribution in [-0.4, -0.2) is 44.3 Å². The molecule has 4 rings (SSSR count). The molecule has 4 aromatic rings. The van der Waals surface area contributed by atoms with Crippen molar-refractivity contribution in [3.63, 3.8) is 0 Å². The summed E-state index contributed by atoms with van der Waals surface area (Å²) in [6.07, 6.45) is 0. The van der Waals surface area contributed by atoms with E-state index in [0.29, 0.717) is 0 Å². The van der Waals surface area contributed by atoms with E-state index in [1.54, 1.807) is 85.0 Å². The van der Waals surface area contributed by atoms with Crippen LogP contribution in [0.25, 0.3) is 0 Å². The Balaban J connectivity index is 2.65. The van der Waals surface area contributed by atoms with E-state index in [1.807, 2.05) is 0 Å². The van der Waals surface area contributed by atoms with Crippen LogP contribution in [0.3, 0.4) is 0 Å². The number of nitrogens with zero attached hydrogens (tertiary/aromatic N) is 10. The fourth-order valence-corrected chi connectivity index (χ4v) is 25.2. The van der Waals surface area contributed by atoms with Gasteiger partial charge in [0.15, 0.2) is 0 Å². The van der Waals surface area contributed by atoms with Crippen molar-refractivity contribution in [3.05, 3.63) is 162 Å². The SMILES string of the molecule is N#CC(C#N)=C(C#N)C(B([C](=C(C#N)C#N)[Sb](=[O])([c]1ccccc1)[c]1ccccc1)[C](=C(C#N)C#N)[Sb](=[O])([c]1ccccc1)[c]1ccccc1)C(C#N)=C(C#N)C#N. The Morgan fingerprint density at radius 1 is 0.362 bits per heavy atom. The third kappa shape index (κ3) is 7.89. The first-order valence-electron chi connectivity index (χ1n) is 16.6. The normalized spacial score (nSPS) is 9.84. The van der Waals surface area contributed by atoms with E-state index in [9.17, 15) is 52.6 Å². The number of nitriles is 10. The van der Waals surface area contributed by atoms with Crippen molar-refractivity contribution in [2.24, 2.45) is 0 Å². The molecule has 0 saturated heterocycles. The van der Waals surface area contributed by atoms with E-state index in [0.717, 1.165) is 0 Å². The third-order valence-corrected chi connectivity index (χ3v) is 27.3. The molecule has 0 bridgehead atoms. The third-order valence-electron chi connectivity index (χ3n) is 8.89. The van der Waals surface area contributed by atoms with Gasteiger partial charge in [-0.15, -0.1) is 0 Å². The minimum atomic E-state index is -6.29. The first-order valence-corrected chi connectivity index (χ1v) is 26.3. The summed E-state index contributed by atoms with van der Waals surface area (Å²) >= 11 is -12.6. The second kappa shape index (κ2) is 19.6. The second-order valence-electron chi connectivity index (χ2n) is 11.7. The maximum absolute atomic E-state index is 16.8. The minimum absolute atomic E-state index is 0.0419. The molecule has 0 fully saturated rings. The number of hydrogen-bond donors (Lipinski definition) is 0. The Hall–Kier alpha value is -7.96. The van der Waals surface area contributed by atoms with E-state index >= 15 is 6.03 Å². The fraction of sp³-hybridized carbons (Fsp3) is 0.0233. The summed E-state index contributed by atoms with van der Waals surface area (Å²) in [5, 5.41) is 106. The molecule has 0 atom stereocenters. The molecule has 0 aliphatic carbocycles. The van der Waals surface area contributed by atoms with Crippen LogP contribution in [0.4, 0.5) is 0 Å². The molecule has 0 radical (unpaired) electrons. The van der Waals surface area contributed by atoms with Crippen LogP contribution in [0, 0.1) is 113 Å². The molecule has 268 valence electrons. The second-order valence-corrected chi connectivity index (χ2v) is 27.3. The van der Waals surface area contributed by atoms with Crippen LogP contribution in [0.15, 0.2) is 162 Å². The van der Waals surface area contributed by atoms with Crippen LogP contribution in [0.2, 0.25) is 5.82 Å². The summed E-state index contributed by atoms with van der Waals surface area (Å²) in [6.45, 7) is -2.30. The molecule has 12 nitrogen and oxygen atoms in total. The molecule has 0 aliphatic rings. The summed E-state index contributed by atoms with van der Waals surface area (Å²) in [7, 11) is 0. The zero-order chi connectivity index (χ0) is 42.3. The molecule has 0 aromatic heterocycles. The molecule has 15 heteroatoms. The van der Waals surface area contributed by atoms with Gasteiger partial charge in [0.25, 0.3) is 0 Å². The molecule has 4 aromatic carbocycles. The quantitative estimate of drug-likeness (QED) is 0.153. The van der Waals surface area contributed by atoms with Crippen LogP contribution in [-0.2, 0) is 6.03 Å². The molecule has 0 aliphatic heterocycles. The molecule has 58 heavy (non-hydrogen) atoms. The Kier molecular flexibility index (Phi) is 14.4. The molecule has 0 spiro atoms. The average molecular weight is 964 g/mol. The molecular weight excluding hydrogens is 943 g/mol. The van der Waals surface area contributed by atoms with E-state index < -0.39 is 90.4 Å². The summed E-state index contributed by atoms with van der Waals surface area (Å²) in [6, 6.07) is 46.9. The Bertz CT molecular complexity index is 2610. The topological polar surface area (TPSA) is 272 Å². The van der Waals surface area contributed by atoms with E-state index in [2.05, 4.69) is 0 Å². The number of rotatable bonds is 11. The number of hydrogen-bond acceptors (Lipinski definition) is 12. The van der Waals surface area contributed by atoms with E-state index in [-0.39, 0.29) is 14.0 Å². The Labute approximate surface area is 342 Å². The molecule has 0 saturated carbocycles. The van der Waals surface area contributed by atoms with Gasteiger partial charge in [0.05, 0.1) is 0 Å². The molecule has 0 N–H and O–H groups in total. The summed E-state index contributed by atoms with van der Waals surface area (Å²) in [5.41, 5.74) is -5.58. The number of allylic oxidation sites excluding steroid dienone is 6. The molecule has 0 amide bonds. The first-order chi connectivity index (χ1) is 28.2. The van der Waals surface area contributed by atoms with Gasteiger partial charge in [-0.25, -0.2) is 0 Å². The maximum atomic E-state index is 16.8. The van der Waals surface area contributed by atoms with Crippen LogP contribution < -0.4 is 14.0 Å². The van der Waals surface area contributed by atoms with Gasteiger partial charge in [0, 0.05) is 0 Å². The standard InChI is InChI=1S/C19HBN10.4C6H5.2O.2Sb/c21-3-13(4-22)1-20(2-14(5-23)6-24)19(17(11-29)15(7-25)8-26)18(12-30)16(9-27)10-28;4*1-2-4-6-5-3-1;;;;/h19H;4*1-5H;;;;. The predicted molar refractivity (Wildman–Crippen MR) is 211 cm³/mol. The van der Waals surface area contributed by atoms with Gasteiger partial charge in [-0.3, -0.25) is 0 Å². The van der Waals surface area contributed by atoms with Crippen molar-refractivity contribution >= 4 is 58.3 Å². The van der Waals surface area contributed by atoms with Gasteiger partial charge in [0.2, 0.25) is 0 Å².